The van der Waals surface area contributed by atoms with Crippen LogP contribution in [0.5, 0.6) is 0 Å². The average Bonchev–Trinajstić information content (AvgIpc) is 2.65. The lowest BCUT2D eigenvalue weighted by atomic mass is 10.2. The maximum atomic E-state index is 12.3. The molecule has 0 saturated carbocycles. The maximum Gasteiger partial charge on any atom is 0.275 e. The van der Waals surface area contributed by atoms with E-state index in [-0.39, 0.29) is 17.5 Å². The van der Waals surface area contributed by atoms with Crippen molar-refractivity contribution in [3.63, 3.8) is 0 Å². The molecule has 0 radical (unpaired) electrons. The minimum absolute atomic E-state index is 0.0824. The van der Waals surface area contributed by atoms with Gasteiger partial charge in [0.15, 0.2) is 0 Å². The van der Waals surface area contributed by atoms with E-state index in [1.54, 1.807) is 30.2 Å². The van der Waals surface area contributed by atoms with Crippen LogP contribution in [-0.4, -0.2) is 52.9 Å². The van der Waals surface area contributed by atoms with Crippen LogP contribution in [0.25, 0.3) is 0 Å². The van der Waals surface area contributed by atoms with Crippen LogP contribution in [0.2, 0.25) is 5.02 Å². The third-order valence-corrected chi connectivity index (χ3v) is 4.76. The molecule has 1 saturated heterocycles. The third kappa shape index (κ3) is 4.11. The molecule has 1 aromatic carbocycles. The Bertz CT molecular complexity index is 817. The fraction of sp³-hybridized carbons (Fsp3) is 0.333. The number of piperazine rings is 1. The predicted octanol–water partition coefficient (Wildman–Crippen LogP) is 2.36. The molecule has 136 valence electrons. The van der Waals surface area contributed by atoms with Crippen molar-refractivity contribution in [1.82, 2.24) is 14.9 Å². The Kier molecular flexibility index (Phi) is 5.37. The number of carbonyl (C=O) groups excluding carboxylic acids is 2. The molecule has 0 unspecified atom stereocenters. The second kappa shape index (κ2) is 7.70. The van der Waals surface area contributed by atoms with Gasteiger partial charge in [0.25, 0.3) is 5.91 Å². The number of benzene rings is 1. The van der Waals surface area contributed by atoms with Gasteiger partial charge in [-0.3, -0.25) is 9.59 Å². The first-order chi connectivity index (χ1) is 12.4. The minimum atomic E-state index is -0.342. The zero-order valence-electron chi connectivity index (χ0n) is 14.7. The standard InChI is InChI=1S/C18H20ClN5O2/c1-12-3-4-14(9-15(12)19)22-18(26)16-10-21-17(11-20-16)24-7-5-23(6-8-24)13(2)25/h3-4,9-11H,5-8H2,1-2H3,(H,22,26). The topological polar surface area (TPSA) is 78.4 Å². The van der Waals surface area contributed by atoms with Gasteiger partial charge in [-0.05, 0) is 24.6 Å². The molecule has 7 nitrogen and oxygen atoms in total. The second-order valence-electron chi connectivity index (χ2n) is 6.17. The van der Waals surface area contributed by atoms with Gasteiger partial charge in [-0.15, -0.1) is 0 Å². The number of hydrogen-bond donors (Lipinski definition) is 1. The highest BCUT2D eigenvalue weighted by Gasteiger charge is 2.20. The van der Waals surface area contributed by atoms with Crippen molar-refractivity contribution in [1.29, 1.82) is 0 Å². The van der Waals surface area contributed by atoms with Crippen LogP contribution in [0.1, 0.15) is 23.0 Å². The number of amides is 2. The molecule has 3 rings (SSSR count). The van der Waals surface area contributed by atoms with Crippen molar-refractivity contribution in [3.8, 4) is 0 Å². The number of carbonyl (C=O) groups is 2. The molecule has 2 aromatic rings. The lowest BCUT2D eigenvalue weighted by Gasteiger charge is -2.34. The lowest BCUT2D eigenvalue weighted by molar-refractivity contribution is -0.129. The normalized spacial score (nSPS) is 14.3. The van der Waals surface area contributed by atoms with Crippen molar-refractivity contribution in [2.24, 2.45) is 0 Å². The van der Waals surface area contributed by atoms with E-state index in [4.69, 9.17) is 11.6 Å². The van der Waals surface area contributed by atoms with Crippen molar-refractivity contribution >= 4 is 34.9 Å². The molecular weight excluding hydrogens is 354 g/mol. The number of halogens is 1. The molecule has 2 heterocycles. The summed E-state index contributed by atoms with van der Waals surface area (Å²) in [5, 5.41) is 3.35. The summed E-state index contributed by atoms with van der Waals surface area (Å²) in [5.41, 5.74) is 1.78. The minimum Gasteiger partial charge on any atom is -0.352 e. The number of rotatable bonds is 3. The zero-order valence-corrected chi connectivity index (χ0v) is 15.5. The van der Waals surface area contributed by atoms with E-state index in [9.17, 15) is 9.59 Å². The number of hydrogen-bond acceptors (Lipinski definition) is 5. The van der Waals surface area contributed by atoms with E-state index in [1.165, 1.54) is 6.20 Å². The Morgan fingerprint density at radius 3 is 2.42 bits per heavy atom. The van der Waals surface area contributed by atoms with Gasteiger partial charge in [0, 0.05) is 43.8 Å². The number of aryl methyl sites for hydroxylation is 1. The molecule has 2 amide bonds. The van der Waals surface area contributed by atoms with Crippen molar-refractivity contribution in [3.05, 3.63) is 46.9 Å². The Balaban J connectivity index is 1.63. The molecule has 0 spiro atoms. The van der Waals surface area contributed by atoms with Crippen LogP contribution in [0.15, 0.2) is 30.6 Å². The Morgan fingerprint density at radius 1 is 1.12 bits per heavy atom. The summed E-state index contributed by atoms with van der Waals surface area (Å²) in [6.45, 7) is 6.18. The van der Waals surface area contributed by atoms with E-state index < -0.39 is 0 Å². The number of nitrogens with zero attached hydrogens (tertiary/aromatic N) is 4. The number of aromatic nitrogens is 2. The van der Waals surface area contributed by atoms with Gasteiger partial charge in [-0.2, -0.15) is 0 Å². The summed E-state index contributed by atoms with van der Waals surface area (Å²) < 4.78 is 0. The first-order valence-corrected chi connectivity index (χ1v) is 8.72. The van der Waals surface area contributed by atoms with Crippen LogP contribution >= 0.6 is 11.6 Å². The van der Waals surface area contributed by atoms with Gasteiger partial charge >= 0.3 is 0 Å². The quantitative estimate of drug-likeness (QED) is 0.893. The molecule has 0 aliphatic carbocycles. The first-order valence-electron chi connectivity index (χ1n) is 8.34. The van der Waals surface area contributed by atoms with Gasteiger partial charge < -0.3 is 15.1 Å². The molecule has 1 aliphatic rings. The molecular formula is C18H20ClN5O2. The van der Waals surface area contributed by atoms with Crippen molar-refractivity contribution < 1.29 is 9.59 Å². The highest BCUT2D eigenvalue weighted by atomic mass is 35.5. The fourth-order valence-electron chi connectivity index (χ4n) is 2.72. The second-order valence-corrected chi connectivity index (χ2v) is 6.58. The van der Waals surface area contributed by atoms with E-state index in [0.29, 0.717) is 42.7 Å². The van der Waals surface area contributed by atoms with Gasteiger partial charge in [0.05, 0.1) is 12.4 Å². The molecule has 0 atom stereocenters. The largest absolute Gasteiger partial charge is 0.352 e. The highest BCUT2D eigenvalue weighted by Crippen LogP contribution is 2.20. The van der Waals surface area contributed by atoms with Crippen LogP contribution in [0, 0.1) is 6.92 Å². The van der Waals surface area contributed by atoms with Crippen molar-refractivity contribution in [2.75, 3.05) is 36.4 Å². The van der Waals surface area contributed by atoms with Crippen molar-refractivity contribution in [2.45, 2.75) is 13.8 Å². The van der Waals surface area contributed by atoms with Crippen LogP contribution in [-0.2, 0) is 4.79 Å². The monoisotopic (exact) mass is 373 g/mol. The molecule has 1 aliphatic heterocycles. The van der Waals surface area contributed by atoms with E-state index in [1.807, 2.05) is 17.9 Å². The number of anilines is 2. The Hall–Kier alpha value is -2.67. The average molecular weight is 374 g/mol. The fourth-order valence-corrected chi connectivity index (χ4v) is 2.90. The molecule has 26 heavy (non-hydrogen) atoms. The SMILES string of the molecule is CC(=O)N1CCN(c2cnc(C(=O)Nc3ccc(C)c(Cl)c3)cn2)CC1. The molecule has 1 fully saturated rings. The molecule has 1 aromatic heterocycles. The van der Waals surface area contributed by atoms with Gasteiger partial charge in [0.2, 0.25) is 5.91 Å². The van der Waals surface area contributed by atoms with E-state index >= 15 is 0 Å². The summed E-state index contributed by atoms with van der Waals surface area (Å²) in [5.74, 6) is 0.437. The summed E-state index contributed by atoms with van der Waals surface area (Å²) in [4.78, 5) is 36.1. The summed E-state index contributed by atoms with van der Waals surface area (Å²) in [6, 6.07) is 5.33. The van der Waals surface area contributed by atoms with Gasteiger partial charge in [0.1, 0.15) is 11.5 Å². The van der Waals surface area contributed by atoms with Gasteiger partial charge in [-0.1, -0.05) is 17.7 Å². The highest BCUT2D eigenvalue weighted by molar-refractivity contribution is 6.31. The maximum absolute atomic E-state index is 12.3. The molecule has 8 heteroatoms. The Labute approximate surface area is 157 Å². The predicted molar refractivity (Wildman–Crippen MR) is 101 cm³/mol. The molecule has 0 bridgehead atoms. The number of nitrogens with one attached hydrogen (secondary N) is 1. The van der Waals surface area contributed by atoms with Crippen LogP contribution in [0.3, 0.4) is 0 Å². The Morgan fingerprint density at radius 2 is 1.85 bits per heavy atom. The third-order valence-electron chi connectivity index (χ3n) is 4.35. The zero-order chi connectivity index (χ0) is 18.7. The van der Waals surface area contributed by atoms with E-state index in [2.05, 4.69) is 15.3 Å². The van der Waals surface area contributed by atoms with Gasteiger partial charge in [-0.25, -0.2) is 9.97 Å². The first kappa shape index (κ1) is 18.1. The van der Waals surface area contributed by atoms with Crippen LogP contribution < -0.4 is 10.2 Å². The summed E-state index contributed by atoms with van der Waals surface area (Å²) in [6.07, 6.45) is 3.04. The summed E-state index contributed by atoms with van der Waals surface area (Å²) >= 11 is 6.07. The van der Waals surface area contributed by atoms with E-state index in [0.717, 1.165) is 5.56 Å². The van der Waals surface area contributed by atoms with Crippen LogP contribution in [0.4, 0.5) is 11.5 Å². The lowest BCUT2D eigenvalue weighted by Crippen LogP contribution is -2.48. The summed E-state index contributed by atoms with van der Waals surface area (Å²) in [7, 11) is 0. The smallest absolute Gasteiger partial charge is 0.275 e. The molecule has 1 N–H and O–H groups in total.